The Balaban J connectivity index is 1.75. The Morgan fingerprint density at radius 3 is 2.58 bits per heavy atom. The molecule has 3 aromatic rings. The van der Waals surface area contributed by atoms with Crippen LogP contribution in [0.5, 0.6) is 11.5 Å². The summed E-state index contributed by atoms with van der Waals surface area (Å²) in [4.78, 5) is 17.3. The average molecular weight is 462 g/mol. The smallest absolute Gasteiger partial charge is 0.380 e. The molecule has 0 fully saturated rings. The topological polar surface area (TPSA) is 132 Å². The van der Waals surface area contributed by atoms with Gasteiger partial charge in [-0.2, -0.15) is 13.6 Å². The van der Waals surface area contributed by atoms with Crippen LogP contribution in [0.4, 0.5) is 0 Å². The lowest BCUT2D eigenvalue weighted by molar-refractivity contribution is -0.121. The van der Waals surface area contributed by atoms with E-state index in [1.165, 1.54) is 23.5 Å². The van der Waals surface area contributed by atoms with Gasteiger partial charge in [-0.05, 0) is 48.2 Å². The highest BCUT2D eigenvalue weighted by Crippen LogP contribution is 2.24. The fraction of sp³-hybridized carbons (Fsp3) is 0.238. The molecule has 0 saturated heterocycles. The molecular formula is C21H23N3O5S2. The van der Waals surface area contributed by atoms with Gasteiger partial charge in [-0.1, -0.05) is 31.2 Å². The standard InChI is InChI=1S/C21H23N3O5S2/c1-2-16-13-30-21(23-16)19(24-20(26)12-15-4-3-5-17(25)10-15)11-14-6-8-18(9-7-14)29-31(22,27)28/h3-10,13,19,25H,2,11-12H2,1H3,(H,24,26)(H2,22,27,28). The Bertz CT molecular complexity index is 1140. The number of benzene rings is 2. The Kier molecular flexibility index (Phi) is 7.26. The van der Waals surface area contributed by atoms with Crippen molar-refractivity contribution in [2.45, 2.75) is 32.2 Å². The van der Waals surface area contributed by atoms with E-state index in [4.69, 9.17) is 5.14 Å². The van der Waals surface area contributed by atoms with Gasteiger partial charge >= 0.3 is 10.3 Å². The number of phenolic OH excluding ortho intramolecular Hbond substituents is 1. The third-order valence-electron chi connectivity index (χ3n) is 4.42. The van der Waals surface area contributed by atoms with Gasteiger partial charge in [-0.25, -0.2) is 4.98 Å². The molecule has 1 amide bonds. The van der Waals surface area contributed by atoms with Crippen molar-refractivity contribution in [3.05, 3.63) is 75.7 Å². The van der Waals surface area contributed by atoms with Crippen LogP contribution in [-0.4, -0.2) is 24.4 Å². The van der Waals surface area contributed by atoms with Crippen LogP contribution in [-0.2, 0) is 34.4 Å². The Morgan fingerprint density at radius 1 is 1.23 bits per heavy atom. The summed E-state index contributed by atoms with van der Waals surface area (Å²) in [6.45, 7) is 2.01. The number of hydrogen-bond acceptors (Lipinski definition) is 7. The van der Waals surface area contributed by atoms with Crippen LogP contribution in [0.1, 0.15) is 34.8 Å². The predicted molar refractivity (Wildman–Crippen MR) is 118 cm³/mol. The molecule has 4 N–H and O–H groups in total. The van der Waals surface area contributed by atoms with Crippen LogP contribution in [0.3, 0.4) is 0 Å². The van der Waals surface area contributed by atoms with E-state index in [2.05, 4.69) is 14.5 Å². The summed E-state index contributed by atoms with van der Waals surface area (Å²) < 4.78 is 26.8. The number of hydrogen-bond donors (Lipinski definition) is 3. The molecule has 10 heteroatoms. The second-order valence-electron chi connectivity index (χ2n) is 6.92. The van der Waals surface area contributed by atoms with E-state index in [0.717, 1.165) is 22.7 Å². The molecule has 0 spiro atoms. The van der Waals surface area contributed by atoms with Gasteiger partial charge in [0, 0.05) is 5.38 Å². The molecular weight excluding hydrogens is 438 g/mol. The number of aromatic hydroxyl groups is 1. The van der Waals surface area contributed by atoms with Gasteiger partial charge in [0.15, 0.2) is 0 Å². The lowest BCUT2D eigenvalue weighted by Crippen LogP contribution is -2.31. The third kappa shape index (κ3) is 7.06. The molecule has 0 saturated carbocycles. The normalized spacial score (nSPS) is 12.3. The van der Waals surface area contributed by atoms with E-state index < -0.39 is 10.3 Å². The van der Waals surface area contributed by atoms with Gasteiger partial charge in [0.25, 0.3) is 0 Å². The summed E-state index contributed by atoms with van der Waals surface area (Å²) >= 11 is 1.48. The third-order valence-corrected chi connectivity index (χ3v) is 5.85. The number of aryl methyl sites for hydroxylation is 1. The second-order valence-corrected chi connectivity index (χ2v) is 8.96. The van der Waals surface area contributed by atoms with Gasteiger partial charge in [0.05, 0.1) is 18.2 Å². The van der Waals surface area contributed by atoms with Crippen molar-refractivity contribution in [2.24, 2.45) is 5.14 Å². The fourth-order valence-electron chi connectivity index (χ4n) is 2.99. The van der Waals surface area contributed by atoms with Gasteiger partial charge in [0.1, 0.15) is 16.5 Å². The van der Waals surface area contributed by atoms with Gasteiger partial charge in [-0.15, -0.1) is 11.3 Å². The van der Waals surface area contributed by atoms with Crippen LogP contribution in [0.15, 0.2) is 53.9 Å². The second kappa shape index (κ2) is 9.90. The average Bonchev–Trinajstić information content (AvgIpc) is 3.17. The summed E-state index contributed by atoms with van der Waals surface area (Å²) in [6.07, 6.45) is 1.37. The molecule has 1 atom stereocenters. The molecule has 164 valence electrons. The molecule has 1 aromatic heterocycles. The van der Waals surface area contributed by atoms with Crippen molar-refractivity contribution in [3.63, 3.8) is 0 Å². The predicted octanol–water partition coefficient (Wildman–Crippen LogP) is 2.64. The van der Waals surface area contributed by atoms with Gasteiger partial charge in [-0.3, -0.25) is 4.79 Å². The molecule has 31 heavy (non-hydrogen) atoms. The van der Waals surface area contributed by atoms with Crippen molar-refractivity contribution in [1.82, 2.24) is 10.3 Å². The number of nitrogens with two attached hydrogens (primary N) is 1. The highest BCUT2D eigenvalue weighted by atomic mass is 32.2. The first-order valence-corrected chi connectivity index (χ1v) is 11.9. The van der Waals surface area contributed by atoms with Crippen molar-refractivity contribution in [1.29, 1.82) is 0 Å². The summed E-state index contributed by atoms with van der Waals surface area (Å²) in [6, 6.07) is 12.6. The van der Waals surface area contributed by atoms with E-state index >= 15 is 0 Å². The molecule has 1 unspecified atom stereocenters. The zero-order valence-corrected chi connectivity index (χ0v) is 18.4. The van der Waals surface area contributed by atoms with Crippen LogP contribution in [0, 0.1) is 0 Å². The summed E-state index contributed by atoms with van der Waals surface area (Å²) in [5.41, 5.74) is 2.51. The molecule has 0 aliphatic rings. The number of carbonyl (C=O) groups is 1. The minimum Gasteiger partial charge on any atom is -0.508 e. The molecule has 8 nitrogen and oxygen atoms in total. The molecule has 0 aliphatic carbocycles. The Hall–Kier alpha value is -2.95. The first-order chi connectivity index (χ1) is 14.7. The molecule has 3 rings (SSSR count). The Labute approximate surface area is 185 Å². The van der Waals surface area contributed by atoms with E-state index in [1.807, 2.05) is 12.3 Å². The molecule has 2 aromatic carbocycles. The quantitative estimate of drug-likeness (QED) is 0.449. The van der Waals surface area contributed by atoms with Crippen LogP contribution < -0.4 is 14.6 Å². The van der Waals surface area contributed by atoms with Crippen molar-refractivity contribution >= 4 is 27.5 Å². The zero-order valence-electron chi connectivity index (χ0n) is 16.8. The zero-order chi connectivity index (χ0) is 22.4. The molecule has 0 radical (unpaired) electrons. The Morgan fingerprint density at radius 2 is 1.97 bits per heavy atom. The first kappa shape index (κ1) is 22.7. The SMILES string of the molecule is CCc1csc(C(Cc2ccc(OS(N)(=O)=O)cc2)NC(=O)Cc2cccc(O)c2)n1. The number of nitrogens with one attached hydrogen (secondary N) is 1. The van der Waals surface area contributed by atoms with Crippen molar-refractivity contribution in [2.75, 3.05) is 0 Å². The number of rotatable bonds is 9. The highest BCUT2D eigenvalue weighted by Gasteiger charge is 2.19. The summed E-state index contributed by atoms with van der Waals surface area (Å²) in [7, 11) is -4.09. The van der Waals surface area contributed by atoms with Crippen molar-refractivity contribution < 1.29 is 22.5 Å². The van der Waals surface area contributed by atoms with E-state index in [0.29, 0.717) is 12.0 Å². The van der Waals surface area contributed by atoms with E-state index in [9.17, 15) is 18.3 Å². The van der Waals surface area contributed by atoms with E-state index in [-0.39, 0.29) is 29.9 Å². The summed E-state index contributed by atoms with van der Waals surface area (Å²) in [5.74, 6) is 0.0208. The van der Waals surface area contributed by atoms with Crippen LogP contribution in [0.25, 0.3) is 0 Å². The number of phenols is 1. The maximum absolute atomic E-state index is 12.7. The number of amides is 1. The lowest BCUT2D eigenvalue weighted by Gasteiger charge is -2.17. The number of carbonyl (C=O) groups excluding carboxylic acids is 1. The maximum atomic E-state index is 12.7. The minimum atomic E-state index is -4.09. The largest absolute Gasteiger partial charge is 0.508 e. The van der Waals surface area contributed by atoms with Crippen molar-refractivity contribution in [3.8, 4) is 11.5 Å². The molecule has 1 heterocycles. The van der Waals surface area contributed by atoms with E-state index in [1.54, 1.807) is 36.4 Å². The fourth-order valence-corrected chi connectivity index (χ4v) is 4.33. The van der Waals surface area contributed by atoms with Gasteiger partial charge in [0.2, 0.25) is 5.91 Å². The highest BCUT2D eigenvalue weighted by molar-refractivity contribution is 7.84. The number of thiazole rings is 1. The molecule has 0 bridgehead atoms. The maximum Gasteiger partial charge on any atom is 0.380 e. The lowest BCUT2D eigenvalue weighted by atomic mass is 10.1. The van der Waals surface area contributed by atoms with Crippen LogP contribution >= 0.6 is 11.3 Å². The minimum absolute atomic E-state index is 0.108. The summed E-state index contributed by atoms with van der Waals surface area (Å²) in [5, 5.41) is 20.3. The van der Waals surface area contributed by atoms with Crippen LogP contribution in [0.2, 0.25) is 0 Å². The van der Waals surface area contributed by atoms with Gasteiger partial charge < -0.3 is 14.6 Å². The molecule has 0 aliphatic heterocycles. The number of nitrogens with zero attached hydrogens (tertiary/aromatic N) is 1. The first-order valence-electron chi connectivity index (χ1n) is 9.54. The monoisotopic (exact) mass is 461 g/mol. The number of aromatic nitrogens is 1.